The van der Waals surface area contributed by atoms with Crippen molar-refractivity contribution in [1.82, 2.24) is 0 Å². The Kier molecular flexibility index (Phi) is 12.9. The lowest BCUT2D eigenvalue weighted by Crippen LogP contribution is -2.45. The van der Waals surface area contributed by atoms with Gasteiger partial charge in [0.25, 0.3) is 0 Å². The summed E-state index contributed by atoms with van der Waals surface area (Å²) in [4.78, 5) is 11.1. The van der Waals surface area contributed by atoms with Gasteiger partial charge in [0, 0.05) is 25.3 Å². The van der Waals surface area contributed by atoms with Gasteiger partial charge in [0.05, 0.1) is 0 Å². The van der Waals surface area contributed by atoms with Crippen LogP contribution in [0.25, 0.3) is 0 Å². The molecule has 0 heterocycles. The van der Waals surface area contributed by atoms with Crippen molar-refractivity contribution in [2.24, 2.45) is 0 Å². The highest BCUT2D eigenvalue weighted by atomic mass is 28.4. The molecule has 0 fully saturated rings. The second-order valence-electron chi connectivity index (χ2n) is 8.59. The molecule has 0 N–H and O–H groups in total. The molecule has 2 aromatic rings. The van der Waals surface area contributed by atoms with Gasteiger partial charge in [-0.15, -0.1) is 0 Å². The number of para-hydroxylation sites is 2. The Labute approximate surface area is 213 Å². The van der Waals surface area contributed by atoms with Gasteiger partial charge >= 0.3 is 14.5 Å². The van der Waals surface area contributed by atoms with E-state index >= 15 is 0 Å². The Morgan fingerprint density at radius 2 is 1.57 bits per heavy atom. The van der Waals surface area contributed by atoms with E-state index in [1.54, 1.807) is 0 Å². The van der Waals surface area contributed by atoms with Crippen LogP contribution in [0, 0.1) is 0 Å². The fraction of sp³-hybridized carbons (Fsp3) is 0.321. The molecular weight excluding hydrogens is 472 g/mol. The highest BCUT2D eigenvalue weighted by Gasteiger charge is 2.35. The van der Waals surface area contributed by atoms with Crippen molar-refractivity contribution >= 4 is 24.3 Å². The van der Waals surface area contributed by atoms with Crippen LogP contribution >= 0.6 is 0 Å². The molecule has 7 heteroatoms. The lowest BCUT2D eigenvalue weighted by Gasteiger charge is -2.28. The maximum Gasteiger partial charge on any atom is 0.457 e. The fourth-order valence-corrected chi connectivity index (χ4v) is 6.61. The van der Waals surface area contributed by atoms with Crippen LogP contribution in [0.4, 0.5) is 0 Å². The van der Waals surface area contributed by atoms with Crippen molar-refractivity contribution in [3.63, 3.8) is 0 Å². The zero-order valence-corrected chi connectivity index (χ0v) is 23.6. The lowest BCUT2D eigenvalue weighted by molar-refractivity contribution is -0.136. The monoisotopic (exact) mass is 510 g/mol. The highest BCUT2D eigenvalue weighted by molar-refractivity contribution is 6.67. The first-order chi connectivity index (χ1) is 16.9. The third-order valence-corrected chi connectivity index (χ3v) is 9.25. The van der Waals surface area contributed by atoms with Gasteiger partial charge in [-0.1, -0.05) is 60.3 Å². The van der Waals surface area contributed by atoms with Crippen LogP contribution < -0.4 is 8.85 Å². The van der Waals surface area contributed by atoms with E-state index in [2.05, 4.69) is 31.8 Å². The van der Waals surface area contributed by atoms with Gasteiger partial charge in [0.2, 0.25) is 0 Å². The highest BCUT2D eigenvalue weighted by Crippen LogP contribution is 2.24. The van der Waals surface area contributed by atoms with Gasteiger partial charge in [-0.3, -0.25) is 0 Å². The summed E-state index contributed by atoms with van der Waals surface area (Å²) < 4.78 is 23.8. The molecule has 0 bridgehead atoms. The SMILES string of the molecule is C=CC(=O)OCC(C)=CCC/C(C)=C\[SiH2]OCCC[Si](C)(Oc1ccccc1)Oc1ccccc1. The van der Waals surface area contributed by atoms with Crippen molar-refractivity contribution in [2.45, 2.75) is 45.7 Å². The molecule has 0 radical (unpaired) electrons. The van der Waals surface area contributed by atoms with Gasteiger partial charge in [-0.05, 0) is 62.9 Å². The molecule has 0 saturated heterocycles. The quantitative estimate of drug-likeness (QED) is 0.0902. The van der Waals surface area contributed by atoms with E-state index in [1.165, 1.54) is 11.6 Å². The van der Waals surface area contributed by atoms with Crippen molar-refractivity contribution in [3.8, 4) is 11.5 Å². The van der Waals surface area contributed by atoms with Crippen LogP contribution in [0.1, 0.15) is 33.1 Å². The Bertz CT molecular complexity index is 916. The minimum absolute atomic E-state index is 0.315. The first-order valence-corrected chi connectivity index (χ1v) is 16.0. The molecule has 5 nitrogen and oxygen atoms in total. The maximum absolute atomic E-state index is 11.1. The molecule has 0 aromatic heterocycles. The molecule has 0 atom stereocenters. The average molecular weight is 511 g/mol. The molecule has 2 rings (SSSR count). The standard InChI is InChI=1S/C28H38O5Si2/c1-5-28(29)30-22-24(2)14-12-15-25(3)23-34-31-20-13-21-35(4,32-26-16-8-6-9-17-26)33-27-18-10-7-11-19-27/h5-11,14,16-19,23H,1,12-13,15,20-22,34H2,2-4H3/b24-14?,25-23-. The number of carbonyl (C=O) groups excluding carboxylic acids is 1. The van der Waals surface area contributed by atoms with Gasteiger partial charge in [-0.2, -0.15) is 0 Å². The zero-order valence-electron chi connectivity index (χ0n) is 21.2. The van der Waals surface area contributed by atoms with E-state index in [0.29, 0.717) is 13.2 Å². The van der Waals surface area contributed by atoms with Gasteiger partial charge < -0.3 is 18.0 Å². The number of hydrogen-bond acceptors (Lipinski definition) is 5. The van der Waals surface area contributed by atoms with Crippen LogP contribution in [0.5, 0.6) is 11.5 Å². The number of benzene rings is 2. The zero-order chi connectivity index (χ0) is 25.4. The number of allylic oxidation sites excluding steroid dienone is 2. The smallest absolute Gasteiger partial charge is 0.457 e. The van der Waals surface area contributed by atoms with E-state index < -0.39 is 24.3 Å². The number of hydrogen-bond donors (Lipinski definition) is 0. The number of rotatable bonds is 16. The summed E-state index contributed by atoms with van der Waals surface area (Å²) in [6.07, 6.45) is 6.09. The normalized spacial score (nSPS) is 12.5. The topological polar surface area (TPSA) is 54.0 Å². The predicted molar refractivity (Wildman–Crippen MR) is 148 cm³/mol. The summed E-state index contributed by atoms with van der Waals surface area (Å²) in [6, 6.07) is 20.6. The van der Waals surface area contributed by atoms with E-state index in [0.717, 1.165) is 42.4 Å². The fourth-order valence-electron chi connectivity index (χ4n) is 3.33. The molecule has 0 saturated carbocycles. The molecule has 0 aliphatic rings. The van der Waals surface area contributed by atoms with Crippen LogP contribution in [0.2, 0.25) is 12.6 Å². The molecule has 188 valence electrons. The summed E-state index contributed by atoms with van der Waals surface area (Å²) in [6.45, 7) is 10.6. The Morgan fingerprint density at radius 3 is 2.14 bits per heavy atom. The van der Waals surface area contributed by atoms with E-state index in [4.69, 9.17) is 18.0 Å². The molecule has 0 aliphatic heterocycles. The average Bonchev–Trinajstić information content (AvgIpc) is 2.85. The van der Waals surface area contributed by atoms with E-state index in [-0.39, 0.29) is 0 Å². The summed E-state index contributed by atoms with van der Waals surface area (Å²) in [5.74, 6) is 1.29. The lowest BCUT2D eigenvalue weighted by atomic mass is 10.1. The number of ether oxygens (including phenoxy) is 1. The second-order valence-corrected chi connectivity index (χ2v) is 12.9. The summed E-state index contributed by atoms with van der Waals surface area (Å²) in [7, 11) is -3.20. The number of carbonyl (C=O) groups is 1. The first kappa shape index (κ1) is 28.4. The summed E-state index contributed by atoms with van der Waals surface area (Å²) >= 11 is 0. The van der Waals surface area contributed by atoms with Crippen LogP contribution in [-0.4, -0.2) is 37.5 Å². The minimum Gasteiger partial charge on any atom is -0.512 e. The third kappa shape index (κ3) is 12.4. The largest absolute Gasteiger partial charge is 0.512 e. The van der Waals surface area contributed by atoms with Gasteiger partial charge in [-0.25, -0.2) is 4.79 Å². The molecule has 0 unspecified atom stereocenters. The van der Waals surface area contributed by atoms with Crippen LogP contribution in [0.3, 0.4) is 0 Å². The third-order valence-electron chi connectivity index (χ3n) is 5.26. The predicted octanol–water partition coefficient (Wildman–Crippen LogP) is 6.07. The number of esters is 1. The Balaban J connectivity index is 1.74. The van der Waals surface area contributed by atoms with Crippen LogP contribution in [-0.2, 0) is 14.0 Å². The Hall–Kier alpha value is -2.88. The molecule has 0 amide bonds. The molecule has 0 spiro atoms. The van der Waals surface area contributed by atoms with Gasteiger partial charge in [0.15, 0.2) is 9.76 Å². The molecular formula is C28H38O5Si2. The van der Waals surface area contributed by atoms with E-state index in [1.807, 2.05) is 67.6 Å². The van der Waals surface area contributed by atoms with Crippen molar-refractivity contribution < 1.29 is 22.8 Å². The van der Waals surface area contributed by atoms with Crippen molar-refractivity contribution in [1.29, 1.82) is 0 Å². The van der Waals surface area contributed by atoms with Crippen molar-refractivity contribution in [2.75, 3.05) is 13.2 Å². The first-order valence-electron chi connectivity index (χ1n) is 12.1. The maximum atomic E-state index is 11.1. The summed E-state index contributed by atoms with van der Waals surface area (Å²) in [5, 5.41) is 0. The molecule has 35 heavy (non-hydrogen) atoms. The summed E-state index contributed by atoms with van der Waals surface area (Å²) in [5.41, 5.74) is 4.64. The van der Waals surface area contributed by atoms with Crippen LogP contribution in [0.15, 0.2) is 96.2 Å². The molecule has 0 aliphatic carbocycles. The Morgan fingerprint density at radius 1 is 0.971 bits per heavy atom. The second kappa shape index (κ2) is 15.9. The molecule has 2 aromatic carbocycles. The van der Waals surface area contributed by atoms with E-state index in [9.17, 15) is 4.79 Å². The minimum atomic E-state index is -2.48. The van der Waals surface area contributed by atoms with Gasteiger partial charge in [0.1, 0.15) is 18.1 Å². The van der Waals surface area contributed by atoms with Crippen molar-refractivity contribution in [3.05, 3.63) is 96.2 Å².